The number of epoxide rings is 1. The minimum absolute atomic E-state index is 0.126. The molecule has 1 aliphatic heterocycles. The predicted octanol–water partition coefficient (Wildman–Crippen LogP) is 0.884. The number of nitrogens with zero attached hydrogens (tertiary/aromatic N) is 5. The first-order valence-corrected chi connectivity index (χ1v) is 11.3. The summed E-state index contributed by atoms with van der Waals surface area (Å²) in [5.41, 5.74) is 2.80. The quantitative estimate of drug-likeness (QED) is 0.347. The van der Waals surface area contributed by atoms with Crippen molar-refractivity contribution in [1.82, 2.24) is 25.3 Å². The van der Waals surface area contributed by atoms with E-state index in [1.807, 2.05) is 0 Å². The largest absolute Gasteiger partial charge is 0.464 e. The molecule has 1 aromatic carbocycles. The van der Waals surface area contributed by atoms with Gasteiger partial charge in [0.25, 0.3) is 11.8 Å². The normalized spacial score (nSPS) is 17.6. The highest BCUT2D eigenvalue weighted by Gasteiger charge is 2.52. The maximum atomic E-state index is 13.3. The van der Waals surface area contributed by atoms with Crippen LogP contribution in [0.25, 0.3) is 5.69 Å². The van der Waals surface area contributed by atoms with Crippen LogP contribution in [0.5, 0.6) is 0 Å². The molecule has 0 bridgehead atoms. The van der Waals surface area contributed by atoms with Gasteiger partial charge in [-0.1, -0.05) is 5.21 Å². The van der Waals surface area contributed by atoms with E-state index in [1.165, 1.54) is 58.4 Å². The average Bonchev–Trinajstić information content (AvgIpc) is 3.20. The van der Waals surface area contributed by atoms with Crippen molar-refractivity contribution in [3.05, 3.63) is 52.9 Å². The van der Waals surface area contributed by atoms with Crippen molar-refractivity contribution in [3.8, 4) is 5.69 Å². The SMILES string of the molecule is CCOC(=O)[C@H]1O[C@@H]1C(=O)N[C@@H](Cc1cscn1)C(=O)N(C)c1cn(-c2ccc(F)cc2)nn1. The van der Waals surface area contributed by atoms with Gasteiger partial charge in [-0.2, -0.15) is 0 Å². The fourth-order valence-corrected chi connectivity index (χ4v) is 3.76. The first-order chi connectivity index (χ1) is 16.4. The van der Waals surface area contributed by atoms with Gasteiger partial charge in [0.2, 0.25) is 0 Å². The Labute approximate surface area is 197 Å². The highest BCUT2D eigenvalue weighted by molar-refractivity contribution is 7.07. The van der Waals surface area contributed by atoms with Crippen LogP contribution in [0.15, 0.2) is 41.4 Å². The Morgan fingerprint density at radius 3 is 2.74 bits per heavy atom. The number of carbonyl (C=O) groups is 3. The summed E-state index contributed by atoms with van der Waals surface area (Å²) in [7, 11) is 1.50. The standard InChI is InChI=1S/C21H21FN6O5S/c1-3-32-21(31)18-17(33-18)19(29)24-15(8-13-10-34-11-23-13)20(30)27(2)16-9-28(26-25-16)14-6-4-12(22)5-7-14/h4-7,9-11,15,17-18H,3,8H2,1-2H3,(H,24,29)/t15-,17-,18-/m0/s1. The molecule has 0 spiro atoms. The maximum absolute atomic E-state index is 13.3. The Morgan fingerprint density at radius 1 is 1.29 bits per heavy atom. The Kier molecular flexibility index (Phi) is 6.93. The third-order valence-corrected chi connectivity index (χ3v) is 5.66. The van der Waals surface area contributed by atoms with Crippen molar-refractivity contribution in [2.24, 2.45) is 0 Å². The van der Waals surface area contributed by atoms with Crippen LogP contribution < -0.4 is 10.2 Å². The number of thiazole rings is 1. The molecule has 3 heterocycles. The number of hydrogen-bond acceptors (Lipinski definition) is 9. The number of aromatic nitrogens is 4. The van der Waals surface area contributed by atoms with Gasteiger partial charge in [0.1, 0.15) is 11.9 Å². The van der Waals surface area contributed by atoms with Crippen molar-refractivity contribution in [2.45, 2.75) is 31.6 Å². The summed E-state index contributed by atoms with van der Waals surface area (Å²) in [5, 5.41) is 12.4. The summed E-state index contributed by atoms with van der Waals surface area (Å²) in [5.74, 6) is -1.86. The molecule has 0 radical (unpaired) electrons. The zero-order valence-electron chi connectivity index (χ0n) is 18.3. The molecule has 2 aromatic heterocycles. The fourth-order valence-electron chi connectivity index (χ4n) is 3.19. The summed E-state index contributed by atoms with van der Waals surface area (Å²) < 4.78 is 24.6. The van der Waals surface area contributed by atoms with Crippen LogP contribution in [-0.2, 0) is 30.3 Å². The van der Waals surface area contributed by atoms with E-state index >= 15 is 0 Å². The van der Waals surface area contributed by atoms with Gasteiger partial charge in [0.15, 0.2) is 18.0 Å². The molecule has 3 atom stereocenters. The molecule has 11 nitrogen and oxygen atoms in total. The number of benzene rings is 1. The summed E-state index contributed by atoms with van der Waals surface area (Å²) in [6.07, 6.45) is -0.368. The number of carbonyl (C=O) groups excluding carboxylic acids is 3. The van der Waals surface area contributed by atoms with E-state index in [-0.39, 0.29) is 24.7 Å². The molecule has 3 aromatic rings. The van der Waals surface area contributed by atoms with Gasteiger partial charge >= 0.3 is 5.97 Å². The van der Waals surface area contributed by atoms with Crippen LogP contribution in [-0.4, -0.2) is 69.7 Å². The lowest BCUT2D eigenvalue weighted by molar-refractivity contribution is -0.144. The van der Waals surface area contributed by atoms with E-state index in [4.69, 9.17) is 9.47 Å². The minimum atomic E-state index is -1.02. The summed E-state index contributed by atoms with van der Waals surface area (Å²) in [4.78, 5) is 43.1. The molecule has 178 valence electrons. The summed E-state index contributed by atoms with van der Waals surface area (Å²) in [6.45, 7) is 1.82. The van der Waals surface area contributed by atoms with Gasteiger partial charge in [-0.3, -0.25) is 14.5 Å². The highest BCUT2D eigenvalue weighted by Crippen LogP contribution is 2.24. The number of ether oxygens (including phenoxy) is 2. The van der Waals surface area contributed by atoms with Gasteiger partial charge in [0, 0.05) is 18.8 Å². The number of halogens is 1. The number of likely N-dealkylation sites (N-methyl/N-ethyl adjacent to an activating group) is 1. The molecule has 34 heavy (non-hydrogen) atoms. The number of hydrogen-bond donors (Lipinski definition) is 1. The smallest absolute Gasteiger partial charge is 0.338 e. The van der Waals surface area contributed by atoms with Crippen LogP contribution in [0.1, 0.15) is 12.6 Å². The molecule has 13 heteroatoms. The molecular weight excluding hydrogens is 467 g/mol. The number of anilines is 1. The Hall–Kier alpha value is -3.71. The predicted molar refractivity (Wildman–Crippen MR) is 118 cm³/mol. The lowest BCUT2D eigenvalue weighted by Gasteiger charge is -2.22. The Bertz CT molecular complexity index is 1170. The van der Waals surface area contributed by atoms with Crippen molar-refractivity contribution >= 4 is 34.9 Å². The lowest BCUT2D eigenvalue weighted by Crippen LogP contribution is -2.50. The number of amides is 2. The number of rotatable bonds is 9. The topological polar surface area (TPSA) is 132 Å². The number of esters is 1. The molecule has 4 rings (SSSR count). The zero-order chi connectivity index (χ0) is 24.2. The molecule has 1 fully saturated rings. The molecule has 1 saturated heterocycles. The molecule has 0 aliphatic carbocycles. The molecule has 1 N–H and O–H groups in total. The lowest BCUT2D eigenvalue weighted by atomic mass is 10.1. The van der Waals surface area contributed by atoms with E-state index in [0.29, 0.717) is 11.4 Å². The monoisotopic (exact) mass is 488 g/mol. The van der Waals surface area contributed by atoms with Crippen LogP contribution in [0.2, 0.25) is 0 Å². The van der Waals surface area contributed by atoms with Gasteiger partial charge < -0.3 is 14.8 Å². The van der Waals surface area contributed by atoms with Gasteiger partial charge in [0.05, 0.1) is 29.7 Å². The fraction of sp³-hybridized carbons (Fsp3) is 0.333. The second-order valence-corrected chi connectivity index (χ2v) is 8.09. The van der Waals surface area contributed by atoms with E-state index in [2.05, 4.69) is 20.6 Å². The van der Waals surface area contributed by atoms with Crippen LogP contribution >= 0.6 is 11.3 Å². The highest BCUT2D eigenvalue weighted by atomic mass is 32.1. The second kappa shape index (κ2) is 10.1. The average molecular weight is 489 g/mol. The summed E-state index contributed by atoms with van der Waals surface area (Å²) >= 11 is 1.36. The molecule has 1 aliphatic rings. The molecule has 0 unspecified atom stereocenters. The summed E-state index contributed by atoms with van der Waals surface area (Å²) in [6, 6.07) is 4.62. The van der Waals surface area contributed by atoms with Gasteiger partial charge in [-0.05, 0) is 31.2 Å². The third kappa shape index (κ3) is 5.26. The third-order valence-electron chi connectivity index (χ3n) is 5.03. The number of nitrogens with one attached hydrogen (secondary N) is 1. The van der Waals surface area contributed by atoms with Crippen molar-refractivity contribution in [3.63, 3.8) is 0 Å². The van der Waals surface area contributed by atoms with E-state index in [9.17, 15) is 18.8 Å². The maximum Gasteiger partial charge on any atom is 0.338 e. The van der Waals surface area contributed by atoms with Crippen molar-refractivity contribution in [2.75, 3.05) is 18.6 Å². The Balaban J connectivity index is 1.47. The van der Waals surface area contributed by atoms with E-state index in [1.54, 1.807) is 17.8 Å². The van der Waals surface area contributed by atoms with Gasteiger partial charge in [-0.25, -0.2) is 18.9 Å². The second-order valence-electron chi connectivity index (χ2n) is 7.37. The van der Waals surface area contributed by atoms with Crippen LogP contribution in [0.3, 0.4) is 0 Å². The molecule has 2 amide bonds. The first-order valence-electron chi connectivity index (χ1n) is 10.3. The zero-order valence-corrected chi connectivity index (χ0v) is 19.1. The van der Waals surface area contributed by atoms with Gasteiger partial charge in [-0.15, -0.1) is 16.4 Å². The Morgan fingerprint density at radius 2 is 2.06 bits per heavy atom. The van der Waals surface area contributed by atoms with E-state index in [0.717, 1.165) is 0 Å². The van der Waals surface area contributed by atoms with Crippen LogP contribution in [0, 0.1) is 5.82 Å². The van der Waals surface area contributed by atoms with Crippen LogP contribution in [0.4, 0.5) is 10.2 Å². The minimum Gasteiger partial charge on any atom is -0.464 e. The molecule has 0 saturated carbocycles. The first kappa shape index (κ1) is 23.4. The van der Waals surface area contributed by atoms with Crippen molar-refractivity contribution < 1.29 is 28.2 Å². The molecular formula is C21H21FN6O5S. The van der Waals surface area contributed by atoms with E-state index < -0.39 is 36.0 Å². The van der Waals surface area contributed by atoms with Crippen molar-refractivity contribution in [1.29, 1.82) is 0 Å².